The number of aromatic nitrogens is 3. The molecule has 2 heterocycles. The van der Waals surface area contributed by atoms with Crippen LogP contribution in [0.2, 0.25) is 0 Å². The fourth-order valence-corrected chi connectivity index (χ4v) is 3.63. The largest absolute Gasteiger partial charge is 0.497 e. The Kier molecular flexibility index (Phi) is 7.23. The molecular weight excluding hydrogens is 460 g/mol. The number of carbonyl (C=O) groups is 1. The number of hydrogen-bond donors (Lipinski definition) is 1. The second-order valence-electron chi connectivity index (χ2n) is 7.97. The van der Waals surface area contributed by atoms with Crippen LogP contribution in [0.4, 0.5) is 8.78 Å². The summed E-state index contributed by atoms with van der Waals surface area (Å²) in [5.74, 6) is -2.46. The molecular formula is C24H25F2N5O4. The second-order valence-corrected chi connectivity index (χ2v) is 7.97. The average molecular weight is 485 g/mol. The molecule has 0 fully saturated rings. The van der Waals surface area contributed by atoms with Crippen LogP contribution in [0.5, 0.6) is 11.5 Å². The minimum Gasteiger partial charge on any atom is -0.497 e. The Balaban J connectivity index is 1.27. The van der Waals surface area contributed by atoms with E-state index in [0.717, 1.165) is 10.2 Å². The number of nitrogens with one attached hydrogen (secondary N) is 1. The molecule has 184 valence electrons. The first-order valence-electron chi connectivity index (χ1n) is 10.9. The Bertz CT molecular complexity index is 1200. The van der Waals surface area contributed by atoms with Crippen molar-refractivity contribution in [2.24, 2.45) is 5.16 Å². The molecule has 0 saturated heterocycles. The van der Waals surface area contributed by atoms with Gasteiger partial charge in [0, 0.05) is 30.5 Å². The summed E-state index contributed by atoms with van der Waals surface area (Å²) in [6.45, 7) is -0.880. The van der Waals surface area contributed by atoms with Crippen molar-refractivity contribution in [3.05, 3.63) is 60.3 Å². The molecule has 2 aromatic carbocycles. The van der Waals surface area contributed by atoms with Crippen LogP contribution < -0.4 is 14.8 Å². The van der Waals surface area contributed by atoms with Gasteiger partial charge in [-0.2, -0.15) is 0 Å². The van der Waals surface area contributed by atoms with Crippen molar-refractivity contribution < 1.29 is 27.9 Å². The maximum Gasteiger partial charge on any atom is 0.269 e. The summed E-state index contributed by atoms with van der Waals surface area (Å²) in [5.41, 5.74) is 2.44. The van der Waals surface area contributed by atoms with E-state index < -0.39 is 30.9 Å². The summed E-state index contributed by atoms with van der Waals surface area (Å²) >= 11 is 0. The van der Waals surface area contributed by atoms with E-state index in [1.165, 1.54) is 20.4 Å². The molecule has 35 heavy (non-hydrogen) atoms. The Hall–Kier alpha value is -4.02. The Morgan fingerprint density at radius 2 is 2.00 bits per heavy atom. The molecule has 0 bridgehead atoms. The first kappa shape index (κ1) is 24.1. The van der Waals surface area contributed by atoms with Gasteiger partial charge in [0.1, 0.15) is 23.7 Å². The summed E-state index contributed by atoms with van der Waals surface area (Å²) in [4.78, 5) is 17.7. The fourth-order valence-electron chi connectivity index (χ4n) is 3.63. The monoisotopic (exact) mass is 485 g/mol. The molecule has 1 amide bonds. The van der Waals surface area contributed by atoms with Gasteiger partial charge < -0.3 is 19.6 Å². The predicted octanol–water partition coefficient (Wildman–Crippen LogP) is 3.30. The first-order valence-corrected chi connectivity index (χ1v) is 10.9. The number of hydrogen-bond acceptors (Lipinski definition) is 7. The number of benzene rings is 2. The predicted molar refractivity (Wildman–Crippen MR) is 124 cm³/mol. The molecule has 1 aliphatic heterocycles. The van der Waals surface area contributed by atoms with Crippen LogP contribution in [0.25, 0.3) is 11.3 Å². The molecule has 9 nitrogen and oxygen atoms in total. The number of amides is 1. The van der Waals surface area contributed by atoms with E-state index in [9.17, 15) is 13.6 Å². The van der Waals surface area contributed by atoms with Crippen LogP contribution in [-0.2, 0) is 16.2 Å². The van der Waals surface area contributed by atoms with Crippen LogP contribution in [0, 0.1) is 0 Å². The van der Waals surface area contributed by atoms with Crippen molar-refractivity contribution in [1.29, 1.82) is 0 Å². The van der Waals surface area contributed by atoms with E-state index in [2.05, 4.69) is 20.8 Å². The third-order valence-corrected chi connectivity index (χ3v) is 5.47. The molecule has 1 aliphatic rings. The molecule has 1 unspecified atom stereocenters. The van der Waals surface area contributed by atoms with Gasteiger partial charge in [0.2, 0.25) is 6.10 Å². The number of ether oxygens (including phenoxy) is 2. The second kappa shape index (κ2) is 10.5. The van der Waals surface area contributed by atoms with E-state index in [0.29, 0.717) is 28.5 Å². The molecule has 1 atom stereocenters. The van der Waals surface area contributed by atoms with Gasteiger partial charge in [-0.15, -0.1) is 5.10 Å². The SMILES string of the molecule is COc1ccc(OC)c(C2=NOC(C(=O)NCCC(F)(F)Cn3cc(-c4ccccc4)nn3)C2)c1. The molecule has 4 rings (SSSR count). The number of carbonyl (C=O) groups excluding carboxylic acids is 1. The van der Waals surface area contributed by atoms with Crippen LogP contribution >= 0.6 is 0 Å². The summed E-state index contributed by atoms with van der Waals surface area (Å²) in [6.07, 6.45) is 0.161. The standard InChI is InChI=1S/C24H25F2N5O4/c1-33-17-8-9-21(34-2)18(12-17)19-13-22(35-29-19)23(32)27-11-10-24(25,26)15-31-14-20(28-30-31)16-6-4-3-5-7-16/h3-9,12,14,22H,10-11,13,15H2,1-2H3,(H,27,32). The number of methoxy groups -OCH3 is 2. The van der Waals surface area contributed by atoms with Gasteiger partial charge in [0.05, 0.1) is 26.1 Å². The Labute approximate surface area is 200 Å². The maximum absolute atomic E-state index is 14.5. The number of halogens is 2. The molecule has 0 aliphatic carbocycles. The minimum atomic E-state index is -3.10. The van der Waals surface area contributed by atoms with Crippen LogP contribution in [-0.4, -0.2) is 59.4 Å². The lowest BCUT2D eigenvalue weighted by Crippen LogP contribution is -2.38. The molecule has 1 aromatic heterocycles. The molecule has 11 heteroatoms. The first-order chi connectivity index (χ1) is 16.9. The molecule has 0 spiro atoms. The van der Waals surface area contributed by atoms with Crippen LogP contribution in [0.1, 0.15) is 18.4 Å². The highest BCUT2D eigenvalue weighted by molar-refractivity contribution is 6.06. The lowest BCUT2D eigenvalue weighted by Gasteiger charge is -2.17. The topological polar surface area (TPSA) is 99.9 Å². The van der Waals surface area contributed by atoms with E-state index >= 15 is 0 Å². The van der Waals surface area contributed by atoms with Gasteiger partial charge in [-0.3, -0.25) is 4.79 Å². The number of alkyl halides is 2. The van der Waals surface area contributed by atoms with E-state index in [4.69, 9.17) is 14.3 Å². The number of nitrogens with zero attached hydrogens (tertiary/aromatic N) is 4. The van der Waals surface area contributed by atoms with Crippen molar-refractivity contribution in [2.45, 2.75) is 31.4 Å². The van der Waals surface area contributed by atoms with Crippen molar-refractivity contribution in [3.8, 4) is 22.8 Å². The summed E-state index contributed by atoms with van der Waals surface area (Å²) in [6, 6.07) is 14.4. The number of oxime groups is 1. The van der Waals surface area contributed by atoms with Crippen molar-refractivity contribution in [2.75, 3.05) is 20.8 Å². The lowest BCUT2D eigenvalue weighted by atomic mass is 10.0. The molecule has 1 N–H and O–H groups in total. The minimum absolute atomic E-state index is 0.174. The van der Waals surface area contributed by atoms with E-state index in [1.807, 2.05) is 30.3 Å². The Morgan fingerprint density at radius 1 is 1.20 bits per heavy atom. The highest BCUT2D eigenvalue weighted by Gasteiger charge is 2.33. The summed E-state index contributed by atoms with van der Waals surface area (Å²) in [7, 11) is 3.06. The van der Waals surface area contributed by atoms with Gasteiger partial charge in [0.15, 0.2) is 0 Å². The van der Waals surface area contributed by atoms with E-state index in [-0.39, 0.29) is 13.0 Å². The normalized spacial score (nSPS) is 15.3. The number of rotatable bonds is 10. The smallest absolute Gasteiger partial charge is 0.269 e. The van der Waals surface area contributed by atoms with Crippen molar-refractivity contribution in [1.82, 2.24) is 20.3 Å². The fraction of sp³-hybridized carbons (Fsp3) is 0.333. The van der Waals surface area contributed by atoms with Gasteiger partial charge >= 0.3 is 0 Å². The summed E-state index contributed by atoms with van der Waals surface area (Å²) in [5, 5.41) is 14.2. The Morgan fingerprint density at radius 3 is 2.74 bits per heavy atom. The van der Waals surface area contributed by atoms with Crippen LogP contribution in [0.3, 0.4) is 0 Å². The van der Waals surface area contributed by atoms with Gasteiger partial charge in [-0.1, -0.05) is 40.7 Å². The molecule has 0 radical (unpaired) electrons. The highest BCUT2D eigenvalue weighted by Crippen LogP contribution is 2.29. The highest BCUT2D eigenvalue weighted by atomic mass is 19.3. The maximum atomic E-state index is 14.5. The van der Waals surface area contributed by atoms with Gasteiger partial charge in [-0.25, -0.2) is 13.5 Å². The molecule has 0 saturated carbocycles. The van der Waals surface area contributed by atoms with Gasteiger partial charge in [0.25, 0.3) is 11.8 Å². The lowest BCUT2D eigenvalue weighted by molar-refractivity contribution is -0.131. The zero-order valence-corrected chi connectivity index (χ0v) is 19.3. The van der Waals surface area contributed by atoms with E-state index in [1.54, 1.807) is 18.2 Å². The van der Waals surface area contributed by atoms with Crippen LogP contribution in [0.15, 0.2) is 59.9 Å². The average Bonchev–Trinajstić information content (AvgIpc) is 3.54. The quantitative estimate of drug-likeness (QED) is 0.473. The third kappa shape index (κ3) is 5.92. The van der Waals surface area contributed by atoms with Crippen molar-refractivity contribution in [3.63, 3.8) is 0 Å². The zero-order valence-electron chi connectivity index (χ0n) is 19.3. The molecule has 3 aromatic rings. The van der Waals surface area contributed by atoms with Gasteiger partial charge in [-0.05, 0) is 18.2 Å². The van der Waals surface area contributed by atoms with Crippen molar-refractivity contribution >= 4 is 11.6 Å². The summed E-state index contributed by atoms with van der Waals surface area (Å²) < 4.78 is 40.6. The third-order valence-electron chi connectivity index (χ3n) is 5.47. The zero-order chi connectivity index (χ0) is 24.8.